The van der Waals surface area contributed by atoms with Gasteiger partial charge in [-0.2, -0.15) is 0 Å². The number of aliphatic hydroxyl groups is 1. The first-order valence-electron chi connectivity index (χ1n) is 12.2. The number of rotatable bonds is 3. The Hall–Kier alpha value is -2.61. The van der Waals surface area contributed by atoms with E-state index in [0.29, 0.717) is 18.6 Å². The second-order valence-corrected chi connectivity index (χ2v) is 12.2. The highest BCUT2D eigenvalue weighted by Crippen LogP contribution is 2.99. The van der Waals surface area contributed by atoms with E-state index in [9.17, 15) is 19.5 Å². The Balaban J connectivity index is 1.59. The van der Waals surface area contributed by atoms with Gasteiger partial charge in [0, 0.05) is 33.3 Å². The van der Waals surface area contributed by atoms with Crippen LogP contribution in [0.1, 0.15) is 65.5 Å². The van der Waals surface area contributed by atoms with Crippen molar-refractivity contribution >= 4 is 17.7 Å². The molecule has 8 heteroatoms. The first-order valence-corrected chi connectivity index (χ1v) is 12.2. The Labute approximate surface area is 204 Å². The van der Waals surface area contributed by atoms with Crippen molar-refractivity contribution in [1.29, 1.82) is 0 Å². The van der Waals surface area contributed by atoms with Crippen LogP contribution in [0.2, 0.25) is 0 Å². The summed E-state index contributed by atoms with van der Waals surface area (Å²) in [7, 11) is 1.34. The minimum Gasteiger partial charge on any atom is -0.490 e. The fourth-order valence-electron chi connectivity index (χ4n) is 9.82. The van der Waals surface area contributed by atoms with Gasteiger partial charge in [-0.3, -0.25) is 9.59 Å². The van der Waals surface area contributed by atoms with Gasteiger partial charge >= 0.3 is 11.9 Å². The third kappa shape index (κ3) is 1.97. The summed E-state index contributed by atoms with van der Waals surface area (Å²) in [6.07, 6.45) is 4.04. The molecule has 1 N–H and O–H groups in total. The molecule has 0 amide bonds. The van der Waals surface area contributed by atoms with Crippen LogP contribution in [0.4, 0.5) is 0 Å². The number of carbonyl (C=O) groups excluding carboxylic acids is 3. The summed E-state index contributed by atoms with van der Waals surface area (Å²) in [5.41, 5.74) is -4.17. The molecule has 2 saturated heterocycles. The summed E-state index contributed by atoms with van der Waals surface area (Å²) in [5, 5.41) is 11.6. The summed E-state index contributed by atoms with van der Waals surface area (Å²) in [5.74, 6) is -1.09. The van der Waals surface area contributed by atoms with E-state index in [0.717, 1.165) is 5.56 Å². The molecule has 0 aromatic carbocycles. The summed E-state index contributed by atoms with van der Waals surface area (Å²) in [6.45, 7) is 9.78. The van der Waals surface area contributed by atoms with Crippen molar-refractivity contribution in [3.8, 4) is 0 Å². The maximum absolute atomic E-state index is 13.2. The number of hydrogen-bond acceptors (Lipinski definition) is 8. The van der Waals surface area contributed by atoms with Crippen LogP contribution in [-0.4, -0.2) is 41.6 Å². The predicted molar refractivity (Wildman–Crippen MR) is 120 cm³/mol. The standard InChI is InChI=1S/C27H32O8/c1-22(2)15(11-18(29)32-6)24(4)17(12-16(22)28)35-25(5)26(24)9-8-23(3)20(14-7-10-33-13-14)34-21(31)19(30)27(23,25)26/h7,10,12-13,15,19-20,30H,8-9,11H2,1-6H3/t15-,19-,20-,23-,24+,25-,26+,27+/m0/s1. The molecule has 5 aliphatic rings. The number of fused-ring (bicyclic) bond motifs is 1. The Morgan fingerprint density at radius 3 is 2.51 bits per heavy atom. The minimum absolute atomic E-state index is 0.0305. The molecule has 0 unspecified atom stereocenters. The van der Waals surface area contributed by atoms with Gasteiger partial charge in [-0.15, -0.1) is 0 Å². The third-order valence-corrected chi connectivity index (χ3v) is 11.2. The van der Waals surface area contributed by atoms with Gasteiger partial charge in [0.05, 0.1) is 31.5 Å². The van der Waals surface area contributed by atoms with Crippen molar-refractivity contribution in [3.05, 3.63) is 36.0 Å². The molecule has 2 saturated carbocycles. The van der Waals surface area contributed by atoms with Gasteiger partial charge in [0.15, 0.2) is 11.9 Å². The number of carbonyl (C=O) groups is 3. The van der Waals surface area contributed by atoms with Crippen molar-refractivity contribution in [1.82, 2.24) is 0 Å². The topological polar surface area (TPSA) is 112 Å². The van der Waals surface area contributed by atoms with Crippen LogP contribution in [0.5, 0.6) is 0 Å². The Kier molecular flexibility index (Phi) is 4.04. The van der Waals surface area contributed by atoms with Crippen LogP contribution >= 0.6 is 0 Å². The quantitative estimate of drug-likeness (QED) is 0.649. The molecule has 35 heavy (non-hydrogen) atoms. The van der Waals surface area contributed by atoms with E-state index in [1.165, 1.54) is 7.11 Å². The van der Waals surface area contributed by atoms with E-state index in [-0.39, 0.29) is 12.2 Å². The summed E-state index contributed by atoms with van der Waals surface area (Å²) < 4.78 is 22.9. The van der Waals surface area contributed by atoms with Gasteiger partial charge in [0.25, 0.3) is 0 Å². The van der Waals surface area contributed by atoms with Gasteiger partial charge in [-0.05, 0) is 31.7 Å². The molecule has 6 rings (SSSR count). The lowest BCUT2D eigenvalue weighted by Gasteiger charge is -2.54. The molecule has 8 atom stereocenters. The van der Waals surface area contributed by atoms with Gasteiger partial charge < -0.3 is 23.7 Å². The molecule has 1 aromatic rings. The van der Waals surface area contributed by atoms with E-state index in [2.05, 4.69) is 6.92 Å². The highest BCUT2D eigenvalue weighted by molar-refractivity contribution is 5.97. The van der Waals surface area contributed by atoms with E-state index in [1.807, 2.05) is 27.7 Å². The lowest BCUT2D eigenvalue weighted by atomic mass is 9.50. The van der Waals surface area contributed by atoms with Crippen molar-refractivity contribution in [2.45, 2.75) is 71.7 Å². The highest BCUT2D eigenvalue weighted by Gasteiger charge is 3.05. The number of ketones is 1. The molecule has 3 aliphatic carbocycles. The Bertz CT molecular complexity index is 1200. The van der Waals surface area contributed by atoms with E-state index < -0.39 is 62.7 Å². The normalized spacial score (nSPS) is 48.5. The van der Waals surface area contributed by atoms with Crippen LogP contribution in [0.15, 0.2) is 34.8 Å². The monoisotopic (exact) mass is 484 g/mol. The largest absolute Gasteiger partial charge is 0.490 e. The SMILES string of the molecule is COC(=O)C[C@H]1C(C)(C)C(=O)C=C2O[C@@]3(C)[C@@]4(CC[C@@]5(C)[C@H](c6ccoc6)OC(=O)[C@H](O)[C@@]345)[C@@]21C. The van der Waals surface area contributed by atoms with Gasteiger partial charge in [-0.25, -0.2) is 4.79 Å². The molecule has 3 heterocycles. The molecule has 8 nitrogen and oxygen atoms in total. The summed E-state index contributed by atoms with van der Waals surface area (Å²) in [6, 6.07) is 1.79. The molecule has 1 aromatic heterocycles. The number of methoxy groups -OCH3 is 1. The van der Waals surface area contributed by atoms with Gasteiger partial charge in [-0.1, -0.05) is 27.7 Å². The van der Waals surface area contributed by atoms with Crippen molar-refractivity contribution in [2.24, 2.45) is 33.0 Å². The molecule has 2 aliphatic heterocycles. The Morgan fingerprint density at radius 2 is 1.89 bits per heavy atom. The van der Waals surface area contributed by atoms with Crippen LogP contribution in [0.25, 0.3) is 0 Å². The fourth-order valence-corrected chi connectivity index (χ4v) is 9.82. The number of furan rings is 1. The second kappa shape index (κ2) is 6.20. The number of allylic oxidation sites excluding steroid dienone is 2. The van der Waals surface area contributed by atoms with Crippen molar-refractivity contribution < 1.29 is 38.1 Å². The first-order chi connectivity index (χ1) is 16.3. The number of aliphatic hydroxyl groups excluding tert-OH is 1. The van der Waals surface area contributed by atoms with E-state index >= 15 is 0 Å². The molecular formula is C27H32O8. The number of ether oxygens (including phenoxy) is 3. The van der Waals surface area contributed by atoms with Crippen molar-refractivity contribution in [3.63, 3.8) is 0 Å². The Morgan fingerprint density at radius 1 is 1.17 bits per heavy atom. The number of cyclic esters (lactones) is 1. The lowest BCUT2D eigenvalue weighted by Crippen LogP contribution is -2.59. The zero-order valence-electron chi connectivity index (χ0n) is 21.0. The lowest BCUT2D eigenvalue weighted by molar-refractivity contribution is -0.218. The maximum Gasteiger partial charge on any atom is 0.336 e. The third-order valence-electron chi connectivity index (χ3n) is 11.2. The van der Waals surface area contributed by atoms with Gasteiger partial charge in [0.1, 0.15) is 17.5 Å². The first kappa shape index (κ1) is 22.8. The molecule has 0 bridgehead atoms. The molecular weight excluding hydrogens is 452 g/mol. The average Bonchev–Trinajstić information content (AvgIpc) is 3.25. The molecule has 0 radical (unpaired) electrons. The van der Waals surface area contributed by atoms with Crippen LogP contribution in [0, 0.1) is 33.0 Å². The second-order valence-electron chi connectivity index (χ2n) is 12.2. The van der Waals surface area contributed by atoms with Crippen LogP contribution < -0.4 is 0 Å². The van der Waals surface area contributed by atoms with Crippen LogP contribution in [0.3, 0.4) is 0 Å². The van der Waals surface area contributed by atoms with Crippen LogP contribution in [-0.2, 0) is 28.6 Å². The zero-order valence-corrected chi connectivity index (χ0v) is 21.0. The predicted octanol–water partition coefficient (Wildman–Crippen LogP) is 3.49. The fraction of sp³-hybridized carbons (Fsp3) is 0.667. The van der Waals surface area contributed by atoms with E-state index in [1.54, 1.807) is 24.7 Å². The van der Waals surface area contributed by atoms with Gasteiger partial charge in [0.2, 0.25) is 0 Å². The molecule has 4 fully saturated rings. The average molecular weight is 485 g/mol. The number of esters is 2. The molecule has 188 valence electrons. The minimum atomic E-state index is -1.40. The molecule has 2 spiro atoms. The number of hydrogen-bond donors (Lipinski definition) is 1. The maximum atomic E-state index is 13.2. The van der Waals surface area contributed by atoms with Crippen molar-refractivity contribution in [2.75, 3.05) is 7.11 Å². The highest BCUT2D eigenvalue weighted by atomic mass is 16.6. The summed E-state index contributed by atoms with van der Waals surface area (Å²) >= 11 is 0. The summed E-state index contributed by atoms with van der Waals surface area (Å²) in [4.78, 5) is 39.1. The zero-order chi connectivity index (χ0) is 25.4. The van der Waals surface area contributed by atoms with E-state index in [4.69, 9.17) is 18.6 Å². The smallest absolute Gasteiger partial charge is 0.336 e.